The van der Waals surface area contributed by atoms with Gasteiger partial charge in [-0.15, -0.1) is 0 Å². The number of carbonyl (C=O) groups excluding carboxylic acids is 2. The van der Waals surface area contributed by atoms with Crippen molar-refractivity contribution < 1.29 is 32.3 Å². The Hall–Kier alpha value is -3.30. The standard InChI is InChI=1S/C22H16ClF3N2O4/c23-14-9-5-4-8-13(14)15-10-11-16(32-15)18-17(19(29)12-6-2-1-3-7-12)21(31,22(24,25)26)28-20(30)27-18/h1-11,17-18,31H,(H2,27,28,30)/t17-,18+,21+/m0/s1. The molecule has 0 unspecified atom stereocenters. The lowest BCUT2D eigenvalue weighted by molar-refractivity contribution is -0.288. The van der Waals surface area contributed by atoms with E-state index in [1.165, 1.54) is 41.7 Å². The minimum absolute atomic E-state index is 0.0685. The Bertz CT molecular complexity index is 1170. The molecule has 2 amide bonds. The maximum Gasteiger partial charge on any atom is 0.437 e. The molecular formula is C22H16ClF3N2O4. The van der Waals surface area contributed by atoms with Crippen LogP contribution in [0.25, 0.3) is 11.3 Å². The molecule has 166 valence electrons. The average Bonchev–Trinajstić information content (AvgIpc) is 3.23. The maximum absolute atomic E-state index is 13.9. The van der Waals surface area contributed by atoms with Crippen LogP contribution in [-0.4, -0.2) is 28.8 Å². The zero-order valence-electron chi connectivity index (χ0n) is 16.2. The molecule has 4 rings (SSSR count). The van der Waals surface area contributed by atoms with Gasteiger partial charge in [-0.25, -0.2) is 4.79 Å². The fourth-order valence-corrected chi connectivity index (χ4v) is 3.91. The summed E-state index contributed by atoms with van der Waals surface area (Å²) < 4.78 is 47.5. The molecule has 6 nitrogen and oxygen atoms in total. The Balaban J connectivity index is 1.82. The smallest absolute Gasteiger partial charge is 0.437 e. The first-order chi connectivity index (χ1) is 15.1. The van der Waals surface area contributed by atoms with E-state index in [1.807, 2.05) is 0 Å². The Morgan fingerprint density at radius 2 is 1.69 bits per heavy atom. The molecule has 10 heteroatoms. The number of aliphatic hydroxyl groups is 1. The quantitative estimate of drug-likeness (QED) is 0.488. The van der Waals surface area contributed by atoms with E-state index < -0.39 is 35.7 Å². The van der Waals surface area contributed by atoms with Gasteiger partial charge < -0.3 is 20.2 Å². The summed E-state index contributed by atoms with van der Waals surface area (Å²) in [5.74, 6) is -3.13. The number of rotatable bonds is 4. The number of hydrogen-bond donors (Lipinski definition) is 3. The van der Waals surface area contributed by atoms with E-state index in [0.717, 1.165) is 0 Å². The van der Waals surface area contributed by atoms with Crippen LogP contribution in [0.5, 0.6) is 0 Å². The fourth-order valence-electron chi connectivity index (χ4n) is 3.68. The molecule has 1 aliphatic rings. The van der Waals surface area contributed by atoms with Crippen LogP contribution in [0.2, 0.25) is 5.02 Å². The molecule has 1 aliphatic heterocycles. The topological polar surface area (TPSA) is 91.6 Å². The molecule has 1 fully saturated rings. The van der Waals surface area contributed by atoms with Crippen LogP contribution in [0, 0.1) is 5.92 Å². The number of benzene rings is 2. The molecule has 0 radical (unpaired) electrons. The summed E-state index contributed by atoms with van der Waals surface area (Å²) in [6.07, 6.45) is -5.35. The van der Waals surface area contributed by atoms with Crippen LogP contribution in [0.3, 0.4) is 0 Å². The molecular weight excluding hydrogens is 449 g/mol. The fraction of sp³-hybridized carbons (Fsp3) is 0.182. The second-order valence-electron chi connectivity index (χ2n) is 7.23. The number of nitrogens with one attached hydrogen (secondary N) is 2. The SMILES string of the molecule is O=C1N[C@H](c2ccc(-c3ccccc3Cl)o2)[C@@H](C(=O)c2ccccc2)[C@@](O)(C(F)(F)F)N1. The van der Waals surface area contributed by atoms with Crippen LogP contribution in [-0.2, 0) is 0 Å². The van der Waals surface area contributed by atoms with Gasteiger partial charge in [-0.05, 0) is 24.3 Å². The van der Waals surface area contributed by atoms with E-state index >= 15 is 0 Å². The van der Waals surface area contributed by atoms with Crippen molar-refractivity contribution in [3.8, 4) is 11.3 Å². The summed E-state index contributed by atoms with van der Waals surface area (Å²) in [5, 5.41) is 14.7. The average molecular weight is 465 g/mol. The predicted octanol–water partition coefficient (Wildman–Crippen LogP) is 4.70. The molecule has 3 atom stereocenters. The van der Waals surface area contributed by atoms with Crippen molar-refractivity contribution in [2.75, 3.05) is 0 Å². The van der Waals surface area contributed by atoms with E-state index in [1.54, 1.807) is 30.3 Å². The maximum atomic E-state index is 13.9. The van der Waals surface area contributed by atoms with Gasteiger partial charge in [0.2, 0.25) is 5.72 Å². The highest BCUT2D eigenvalue weighted by Gasteiger charge is 2.66. The van der Waals surface area contributed by atoms with Crippen LogP contribution < -0.4 is 10.6 Å². The molecule has 0 spiro atoms. The molecule has 32 heavy (non-hydrogen) atoms. The minimum Gasteiger partial charge on any atom is -0.459 e. The largest absolute Gasteiger partial charge is 0.459 e. The molecule has 0 bridgehead atoms. The van der Waals surface area contributed by atoms with Crippen molar-refractivity contribution in [1.29, 1.82) is 0 Å². The van der Waals surface area contributed by atoms with Crippen LogP contribution >= 0.6 is 11.6 Å². The predicted molar refractivity (Wildman–Crippen MR) is 109 cm³/mol. The van der Waals surface area contributed by atoms with E-state index in [4.69, 9.17) is 16.0 Å². The molecule has 1 aromatic heterocycles. The Labute approximate surface area is 185 Å². The summed E-state index contributed by atoms with van der Waals surface area (Å²) in [7, 11) is 0. The normalized spacial score (nSPS) is 23.3. The van der Waals surface area contributed by atoms with Crippen molar-refractivity contribution in [3.63, 3.8) is 0 Å². The number of alkyl halides is 3. The summed E-state index contributed by atoms with van der Waals surface area (Å²) in [5.41, 5.74) is -3.43. The number of hydrogen-bond acceptors (Lipinski definition) is 4. The van der Waals surface area contributed by atoms with Crippen molar-refractivity contribution >= 4 is 23.4 Å². The number of amides is 2. The van der Waals surface area contributed by atoms with E-state index in [0.29, 0.717) is 10.6 Å². The van der Waals surface area contributed by atoms with Gasteiger partial charge in [-0.3, -0.25) is 4.79 Å². The van der Waals surface area contributed by atoms with Crippen molar-refractivity contribution in [3.05, 3.63) is 83.1 Å². The zero-order valence-corrected chi connectivity index (χ0v) is 16.9. The number of halogens is 4. The summed E-state index contributed by atoms with van der Waals surface area (Å²) >= 11 is 6.16. The molecule has 2 heterocycles. The summed E-state index contributed by atoms with van der Waals surface area (Å²) in [6.45, 7) is 0. The third-order valence-electron chi connectivity index (χ3n) is 5.22. The summed E-state index contributed by atoms with van der Waals surface area (Å²) in [6, 6.07) is 13.7. The number of urea groups is 1. The van der Waals surface area contributed by atoms with E-state index in [2.05, 4.69) is 5.32 Å². The third kappa shape index (κ3) is 3.74. The molecule has 0 saturated carbocycles. The van der Waals surface area contributed by atoms with Gasteiger partial charge in [0.05, 0.1) is 5.02 Å². The molecule has 1 saturated heterocycles. The Kier molecular flexibility index (Phi) is 5.47. The number of furan rings is 1. The van der Waals surface area contributed by atoms with Gasteiger partial charge in [-0.1, -0.05) is 54.1 Å². The first-order valence-electron chi connectivity index (χ1n) is 9.43. The van der Waals surface area contributed by atoms with Crippen LogP contribution in [0.4, 0.5) is 18.0 Å². The second kappa shape index (κ2) is 7.99. The highest BCUT2D eigenvalue weighted by molar-refractivity contribution is 6.33. The molecule has 2 aromatic carbocycles. The first-order valence-corrected chi connectivity index (χ1v) is 9.81. The van der Waals surface area contributed by atoms with Crippen LogP contribution in [0.1, 0.15) is 22.2 Å². The van der Waals surface area contributed by atoms with Gasteiger partial charge in [0.1, 0.15) is 23.5 Å². The lowest BCUT2D eigenvalue weighted by Crippen LogP contribution is -2.72. The molecule has 3 N–H and O–H groups in total. The van der Waals surface area contributed by atoms with Crippen molar-refractivity contribution in [1.82, 2.24) is 10.6 Å². The van der Waals surface area contributed by atoms with Gasteiger partial charge in [0.25, 0.3) is 0 Å². The lowest BCUT2D eigenvalue weighted by atomic mass is 9.79. The van der Waals surface area contributed by atoms with Gasteiger partial charge >= 0.3 is 12.2 Å². The number of carbonyl (C=O) groups is 2. The van der Waals surface area contributed by atoms with Crippen LogP contribution in [0.15, 0.2) is 71.1 Å². The lowest BCUT2D eigenvalue weighted by Gasteiger charge is -2.44. The van der Waals surface area contributed by atoms with Gasteiger partial charge in [0, 0.05) is 11.1 Å². The van der Waals surface area contributed by atoms with E-state index in [9.17, 15) is 27.9 Å². The van der Waals surface area contributed by atoms with Gasteiger partial charge in [-0.2, -0.15) is 13.2 Å². The van der Waals surface area contributed by atoms with Gasteiger partial charge in [0.15, 0.2) is 5.78 Å². The third-order valence-corrected chi connectivity index (χ3v) is 5.55. The molecule has 0 aliphatic carbocycles. The molecule has 3 aromatic rings. The highest BCUT2D eigenvalue weighted by atomic mass is 35.5. The Morgan fingerprint density at radius 1 is 1.03 bits per heavy atom. The highest BCUT2D eigenvalue weighted by Crippen LogP contribution is 2.45. The first kappa shape index (κ1) is 21.9. The number of Topliss-reactive ketones (excluding diaryl/α,β-unsaturated/α-hetero) is 1. The number of ketones is 1. The van der Waals surface area contributed by atoms with Crippen molar-refractivity contribution in [2.24, 2.45) is 5.92 Å². The monoisotopic (exact) mass is 464 g/mol. The summed E-state index contributed by atoms with van der Waals surface area (Å²) in [4.78, 5) is 25.3. The van der Waals surface area contributed by atoms with E-state index in [-0.39, 0.29) is 17.1 Å². The minimum atomic E-state index is -5.35. The van der Waals surface area contributed by atoms with Crippen molar-refractivity contribution in [2.45, 2.75) is 17.9 Å². The second-order valence-corrected chi connectivity index (χ2v) is 7.64. The zero-order chi connectivity index (χ0) is 23.1. The Morgan fingerprint density at radius 3 is 2.34 bits per heavy atom.